The highest BCUT2D eigenvalue weighted by Gasteiger charge is 2.24. The van der Waals surface area contributed by atoms with Gasteiger partial charge in [0.2, 0.25) is 5.91 Å². The molecule has 7 nitrogen and oxygen atoms in total. The van der Waals surface area contributed by atoms with Gasteiger partial charge in [0.15, 0.2) is 5.13 Å². The number of carbonyl (C=O) groups excluding carboxylic acids is 3. The zero-order chi connectivity index (χ0) is 34.2. The number of hydrogen-bond acceptors (Lipinski definition) is 7. The third-order valence-electron chi connectivity index (χ3n) is 7.01. The fourth-order valence-corrected chi connectivity index (χ4v) is 7.59. The first kappa shape index (κ1) is 34.2. The molecule has 0 aliphatic carbocycles. The van der Waals surface area contributed by atoms with Gasteiger partial charge in [-0.3, -0.25) is 14.4 Å². The van der Waals surface area contributed by atoms with Crippen molar-refractivity contribution in [3.63, 3.8) is 0 Å². The van der Waals surface area contributed by atoms with Gasteiger partial charge in [0.25, 0.3) is 11.8 Å². The number of benzene rings is 4. The minimum atomic E-state index is -0.641. The first-order chi connectivity index (χ1) is 23.8. The van der Waals surface area contributed by atoms with Gasteiger partial charge in [0.05, 0.1) is 10.7 Å². The topological polar surface area (TPSA) is 100 Å². The summed E-state index contributed by atoms with van der Waals surface area (Å²) in [6, 6.07) is 32.4. The van der Waals surface area contributed by atoms with E-state index in [-0.39, 0.29) is 11.6 Å². The van der Waals surface area contributed by atoms with E-state index in [0.717, 1.165) is 16.0 Å². The maximum Gasteiger partial charge on any atom is 0.272 e. The first-order valence-corrected chi connectivity index (χ1v) is 18.2. The predicted octanol–water partition coefficient (Wildman–Crippen LogP) is 10.1. The molecule has 0 radical (unpaired) electrons. The van der Waals surface area contributed by atoms with Crippen molar-refractivity contribution in [1.82, 2.24) is 10.3 Å². The Morgan fingerprint density at radius 2 is 1.59 bits per heavy atom. The number of halogens is 2. The van der Waals surface area contributed by atoms with Crippen molar-refractivity contribution >= 4 is 92.3 Å². The lowest BCUT2D eigenvalue weighted by molar-refractivity contribution is -0.116. The van der Waals surface area contributed by atoms with E-state index in [1.54, 1.807) is 66.7 Å². The Morgan fingerprint density at radius 1 is 0.816 bits per heavy atom. The van der Waals surface area contributed by atoms with Crippen LogP contribution in [0.2, 0.25) is 10.0 Å². The second-order valence-corrected chi connectivity index (χ2v) is 14.1. The summed E-state index contributed by atoms with van der Waals surface area (Å²) in [4.78, 5) is 45.6. The van der Waals surface area contributed by atoms with E-state index in [9.17, 15) is 14.4 Å². The van der Waals surface area contributed by atoms with E-state index in [1.807, 2.05) is 64.7 Å². The molecule has 0 aliphatic heterocycles. The van der Waals surface area contributed by atoms with Crippen molar-refractivity contribution in [1.29, 1.82) is 0 Å². The number of carbonyl (C=O) groups is 3. The zero-order valence-corrected chi connectivity index (χ0v) is 29.4. The van der Waals surface area contributed by atoms with Crippen LogP contribution in [-0.4, -0.2) is 22.7 Å². The number of rotatable bonds is 11. The van der Waals surface area contributed by atoms with Crippen LogP contribution in [-0.2, 0) is 9.59 Å². The summed E-state index contributed by atoms with van der Waals surface area (Å²) in [5.74, 6) is -1.16. The van der Waals surface area contributed by atoms with Gasteiger partial charge in [-0.05, 0) is 82.6 Å². The highest BCUT2D eigenvalue weighted by Crippen LogP contribution is 2.38. The summed E-state index contributed by atoms with van der Waals surface area (Å²) in [5.41, 5.74) is 3.93. The van der Waals surface area contributed by atoms with E-state index >= 15 is 0 Å². The van der Waals surface area contributed by atoms with Crippen LogP contribution in [0.5, 0.6) is 0 Å². The summed E-state index contributed by atoms with van der Waals surface area (Å²) >= 11 is 16.5. The van der Waals surface area contributed by atoms with Crippen LogP contribution in [0.25, 0.3) is 17.3 Å². The van der Waals surface area contributed by atoms with Crippen molar-refractivity contribution < 1.29 is 14.4 Å². The van der Waals surface area contributed by atoms with Crippen molar-refractivity contribution in [2.24, 2.45) is 0 Å². The van der Waals surface area contributed by atoms with Crippen LogP contribution in [0, 0.1) is 0 Å². The average Bonchev–Trinajstić information content (AvgIpc) is 3.80. The van der Waals surface area contributed by atoms with Gasteiger partial charge in [0.1, 0.15) is 10.9 Å². The number of aromatic nitrogens is 1. The molecule has 3 amide bonds. The molecule has 3 N–H and O–H groups in total. The average molecular weight is 742 g/mol. The normalized spacial score (nSPS) is 11.8. The molecule has 244 valence electrons. The Kier molecular flexibility index (Phi) is 11.2. The molecular formula is C37H26Cl2N4O3S3. The van der Waals surface area contributed by atoms with Crippen LogP contribution in [0.4, 0.5) is 10.8 Å². The Balaban J connectivity index is 1.20. The molecule has 2 heterocycles. The molecule has 1 atom stereocenters. The van der Waals surface area contributed by atoms with Crippen LogP contribution in [0.1, 0.15) is 26.7 Å². The molecule has 0 saturated heterocycles. The van der Waals surface area contributed by atoms with Gasteiger partial charge < -0.3 is 16.0 Å². The molecule has 0 saturated carbocycles. The summed E-state index contributed by atoms with van der Waals surface area (Å²) in [7, 11) is 0. The molecule has 1 unspecified atom stereocenters. The van der Waals surface area contributed by atoms with E-state index in [2.05, 4.69) is 20.9 Å². The predicted molar refractivity (Wildman–Crippen MR) is 203 cm³/mol. The Labute approximate surface area is 305 Å². The molecule has 4 aromatic carbocycles. The van der Waals surface area contributed by atoms with Crippen molar-refractivity contribution in [2.75, 3.05) is 10.6 Å². The second-order valence-electron chi connectivity index (χ2n) is 10.5. The maximum atomic E-state index is 13.8. The maximum absolute atomic E-state index is 13.8. The van der Waals surface area contributed by atoms with E-state index in [0.29, 0.717) is 37.7 Å². The minimum absolute atomic E-state index is 0.0922. The van der Waals surface area contributed by atoms with Crippen molar-refractivity contribution in [3.8, 4) is 11.3 Å². The number of thiazole rings is 1. The largest absolute Gasteiger partial charge is 0.321 e. The van der Waals surface area contributed by atoms with E-state index < -0.39 is 17.1 Å². The van der Waals surface area contributed by atoms with Crippen LogP contribution in [0.15, 0.2) is 136 Å². The highest BCUT2D eigenvalue weighted by atomic mass is 35.5. The monoisotopic (exact) mass is 740 g/mol. The third-order valence-corrected chi connectivity index (χ3v) is 10.3. The van der Waals surface area contributed by atoms with Gasteiger partial charge in [0, 0.05) is 32.1 Å². The van der Waals surface area contributed by atoms with Gasteiger partial charge in [-0.2, -0.15) is 11.3 Å². The SMILES string of the molecule is O=C(Nc1cccc(SC(C(=O)Nc2nc(-c3ccc(Cl)cc3Cl)cs2)c2ccccc2)c1)/C(=C/c1ccsc1)NC(=O)c1ccccc1. The van der Waals surface area contributed by atoms with Crippen LogP contribution >= 0.6 is 57.6 Å². The number of nitrogens with zero attached hydrogens (tertiary/aromatic N) is 1. The Hall–Kier alpha value is -4.71. The molecule has 0 bridgehead atoms. The third kappa shape index (κ3) is 9.05. The molecule has 0 aliphatic rings. The number of thiophene rings is 1. The summed E-state index contributed by atoms with van der Waals surface area (Å²) < 4.78 is 0. The fourth-order valence-electron chi connectivity index (χ4n) is 4.67. The van der Waals surface area contributed by atoms with Crippen LogP contribution in [0.3, 0.4) is 0 Å². The number of amides is 3. The summed E-state index contributed by atoms with van der Waals surface area (Å²) in [6.07, 6.45) is 1.63. The van der Waals surface area contributed by atoms with Gasteiger partial charge in [-0.15, -0.1) is 23.1 Å². The number of anilines is 2. The van der Waals surface area contributed by atoms with E-state index in [4.69, 9.17) is 23.2 Å². The van der Waals surface area contributed by atoms with Crippen molar-refractivity contribution in [2.45, 2.75) is 10.1 Å². The quantitative estimate of drug-likeness (QED) is 0.0907. The highest BCUT2D eigenvalue weighted by molar-refractivity contribution is 8.00. The zero-order valence-electron chi connectivity index (χ0n) is 25.4. The minimum Gasteiger partial charge on any atom is -0.321 e. The Morgan fingerprint density at radius 3 is 2.33 bits per heavy atom. The smallest absolute Gasteiger partial charge is 0.272 e. The second kappa shape index (κ2) is 16.1. The molecular weight excluding hydrogens is 716 g/mol. The first-order valence-electron chi connectivity index (χ1n) is 14.8. The molecule has 12 heteroatoms. The summed E-state index contributed by atoms with van der Waals surface area (Å²) in [5, 5.41) is 15.0. The standard InChI is InChI=1S/C37H26Cl2N4O3S3/c38-26-14-15-29(30(39)19-26)32-22-48-37(42-32)43-36(46)33(24-8-3-1-4-9-24)49-28-13-7-12-27(20-28)40-35(45)31(18-23-16-17-47-21-23)41-34(44)25-10-5-2-6-11-25/h1-22,33H,(H,40,45)(H,41,44)(H,42,43,46)/b31-18-. The molecule has 6 rings (SSSR count). The van der Waals surface area contributed by atoms with Gasteiger partial charge >= 0.3 is 0 Å². The molecule has 49 heavy (non-hydrogen) atoms. The lowest BCUT2D eigenvalue weighted by Gasteiger charge is -2.17. The summed E-state index contributed by atoms with van der Waals surface area (Å²) in [6.45, 7) is 0. The van der Waals surface area contributed by atoms with Crippen molar-refractivity contribution in [3.05, 3.63) is 158 Å². The molecule has 2 aromatic heterocycles. The molecule has 0 spiro atoms. The lowest BCUT2D eigenvalue weighted by Crippen LogP contribution is -2.30. The lowest BCUT2D eigenvalue weighted by atomic mass is 10.1. The molecule has 6 aromatic rings. The number of nitrogens with one attached hydrogen (secondary N) is 3. The number of thioether (sulfide) groups is 1. The van der Waals surface area contributed by atoms with Gasteiger partial charge in [-0.1, -0.05) is 77.8 Å². The fraction of sp³-hybridized carbons (Fsp3) is 0.0270. The van der Waals surface area contributed by atoms with Gasteiger partial charge in [-0.25, -0.2) is 4.98 Å². The number of hydrogen-bond donors (Lipinski definition) is 3. The van der Waals surface area contributed by atoms with E-state index in [1.165, 1.54) is 34.4 Å². The molecule has 0 fully saturated rings. The van der Waals surface area contributed by atoms with Crippen LogP contribution < -0.4 is 16.0 Å². The Bertz CT molecular complexity index is 2120.